The lowest BCUT2D eigenvalue weighted by atomic mass is 10.2. The molecule has 0 N–H and O–H groups in total. The highest BCUT2D eigenvalue weighted by atomic mass is 32.2. The molecule has 8 heteroatoms. The minimum Gasteiger partial charge on any atom is -0.371 e. The van der Waals surface area contributed by atoms with Crippen LogP contribution >= 0.6 is 0 Å². The maximum Gasteiger partial charge on any atom is 0.151 e. The summed E-state index contributed by atoms with van der Waals surface area (Å²) in [4.78, 5) is 6.27. The summed E-state index contributed by atoms with van der Waals surface area (Å²) in [5, 5.41) is 4.58. The van der Waals surface area contributed by atoms with Gasteiger partial charge in [-0.15, -0.1) is 5.10 Å². The van der Waals surface area contributed by atoms with Crippen molar-refractivity contribution in [3.8, 4) is 0 Å². The Bertz CT molecular complexity index is 805. The quantitative estimate of drug-likeness (QED) is 0.825. The third-order valence-electron chi connectivity index (χ3n) is 4.25. The van der Waals surface area contributed by atoms with Crippen LogP contribution in [0.1, 0.15) is 18.4 Å². The lowest BCUT2D eigenvalue weighted by Gasteiger charge is -2.33. The summed E-state index contributed by atoms with van der Waals surface area (Å²) >= 11 is 0. The maximum atomic E-state index is 11.7. The molecule has 4 rings (SSSR count). The van der Waals surface area contributed by atoms with Gasteiger partial charge in [-0.05, 0) is 24.5 Å². The molecule has 2 aromatic heterocycles. The number of rotatable bonds is 3. The highest BCUT2D eigenvalue weighted by Crippen LogP contribution is 2.29. The van der Waals surface area contributed by atoms with Crippen LogP contribution in [-0.2, 0) is 20.3 Å². The molecule has 0 amide bonds. The van der Waals surface area contributed by atoms with E-state index >= 15 is 0 Å². The highest BCUT2D eigenvalue weighted by Gasteiger charge is 2.34. The van der Waals surface area contributed by atoms with E-state index in [0.717, 1.165) is 42.8 Å². The number of aromatic nitrogens is 3. The number of ether oxygens (including phenoxy) is 1. The lowest BCUT2D eigenvalue weighted by molar-refractivity contribution is 0.0301. The molecule has 0 radical (unpaired) electrons. The normalized spacial score (nSPS) is 25.0. The second-order valence-corrected chi connectivity index (χ2v) is 8.32. The fourth-order valence-electron chi connectivity index (χ4n) is 3.32. The summed E-state index contributed by atoms with van der Waals surface area (Å²) in [6, 6.07) is 1.88. The van der Waals surface area contributed by atoms with E-state index < -0.39 is 9.84 Å². The predicted octanol–water partition coefficient (Wildman–Crippen LogP) is 0.641. The third-order valence-corrected chi connectivity index (χ3v) is 5.08. The van der Waals surface area contributed by atoms with Crippen molar-refractivity contribution >= 4 is 21.2 Å². The minimum atomic E-state index is -3.12. The molecule has 2 saturated heterocycles. The number of sulfone groups is 1. The van der Waals surface area contributed by atoms with Crippen molar-refractivity contribution < 1.29 is 13.2 Å². The third kappa shape index (κ3) is 2.56. The van der Waals surface area contributed by atoms with Crippen LogP contribution in [-0.4, -0.2) is 54.6 Å². The van der Waals surface area contributed by atoms with Gasteiger partial charge in [0.1, 0.15) is 12.1 Å². The van der Waals surface area contributed by atoms with Gasteiger partial charge in [0.05, 0.1) is 29.7 Å². The van der Waals surface area contributed by atoms with Crippen LogP contribution in [0.4, 0.5) is 5.82 Å². The summed E-state index contributed by atoms with van der Waals surface area (Å²) in [6.07, 6.45) is 7.21. The zero-order valence-electron chi connectivity index (χ0n) is 12.3. The van der Waals surface area contributed by atoms with Crippen LogP contribution in [0.15, 0.2) is 18.6 Å². The molecule has 4 heterocycles. The fourth-order valence-corrected chi connectivity index (χ4v) is 4.12. The van der Waals surface area contributed by atoms with Gasteiger partial charge in [-0.3, -0.25) is 0 Å². The van der Waals surface area contributed by atoms with E-state index in [-0.39, 0.29) is 18.0 Å². The Balaban J connectivity index is 1.75. The number of hydrogen-bond donors (Lipinski definition) is 0. The molecule has 2 aliphatic rings. The lowest BCUT2D eigenvalue weighted by Crippen LogP contribution is -2.43. The largest absolute Gasteiger partial charge is 0.371 e. The topological polar surface area (TPSA) is 76.8 Å². The number of fused-ring (bicyclic) bond motifs is 3. The first-order valence-corrected chi connectivity index (χ1v) is 9.44. The van der Waals surface area contributed by atoms with Crippen molar-refractivity contribution in [3.05, 3.63) is 24.2 Å². The van der Waals surface area contributed by atoms with E-state index in [1.807, 2.05) is 6.07 Å². The van der Waals surface area contributed by atoms with Crippen molar-refractivity contribution in [2.24, 2.45) is 0 Å². The zero-order chi connectivity index (χ0) is 15.3. The van der Waals surface area contributed by atoms with E-state index in [0.29, 0.717) is 0 Å². The Morgan fingerprint density at radius 2 is 2.05 bits per heavy atom. The van der Waals surface area contributed by atoms with Crippen LogP contribution in [0.25, 0.3) is 5.52 Å². The van der Waals surface area contributed by atoms with Crippen molar-refractivity contribution in [2.75, 3.05) is 24.2 Å². The van der Waals surface area contributed by atoms with Crippen LogP contribution in [0.3, 0.4) is 0 Å². The molecule has 2 bridgehead atoms. The van der Waals surface area contributed by atoms with Crippen molar-refractivity contribution in [1.29, 1.82) is 0 Å². The van der Waals surface area contributed by atoms with Gasteiger partial charge in [0.25, 0.3) is 0 Å². The van der Waals surface area contributed by atoms with Gasteiger partial charge in [0.2, 0.25) is 0 Å². The molecule has 0 aromatic carbocycles. The zero-order valence-corrected chi connectivity index (χ0v) is 13.2. The summed E-state index contributed by atoms with van der Waals surface area (Å²) < 4.78 is 30.9. The molecule has 2 unspecified atom stereocenters. The molecule has 2 fully saturated rings. The first kappa shape index (κ1) is 14.0. The molecule has 2 aliphatic heterocycles. The molecule has 7 nitrogen and oxygen atoms in total. The summed E-state index contributed by atoms with van der Waals surface area (Å²) in [7, 11) is -3.12. The van der Waals surface area contributed by atoms with Crippen LogP contribution in [0.5, 0.6) is 0 Å². The maximum absolute atomic E-state index is 11.7. The summed E-state index contributed by atoms with van der Waals surface area (Å²) in [5.41, 5.74) is 1.48. The number of imidazole rings is 1. The summed E-state index contributed by atoms with van der Waals surface area (Å²) in [6.45, 7) is 1.62. The average Bonchev–Trinajstić information content (AvgIpc) is 3.03. The van der Waals surface area contributed by atoms with E-state index in [2.05, 4.69) is 15.0 Å². The van der Waals surface area contributed by atoms with Gasteiger partial charge >= 0.3 is 0 Å². The van der Waals surface area contributed by atoms with Gasteiger partial charge < -0.3 is 9.64 Å². The van der Waals surface area contributed by atoms with Crippen molar-refractivity contribution in [1.82, 2.24) is 14.6 Å². The summed E-state index contributed by atoms with van der Waals surface area (Å²) in [5.74, 6) is 0.791. The average molecular weight is 322 g/mol. The standard InChI is InChI=1S/C14H18N4O3S/c1-22(19,20)8-10-4-14(16-18-9-15-5-13(10)18)17-6-11-2-3-12(7-17)21-11/h4-5,9,11-12H,2-3,6-8H2,1H3. The van der Waals surface area contributed by atoms with Crippen LogP contribution < -0.4 is 4.90 Å². The fraction of sp³-hybridized carbons (Fsp3) is 0.571. The molecule has 0 saturated carbocycles. The predicted molar refractivity (Wildman–Crippen MR) is 81.6 cm³/mol. The molecule has 0 aliphatic carbocycles. The SMILES string of the molecule is CS(=O)(=O)Cc1cc(N2CC3CCC(C2)O3)nn2cncc12. The minimum absolute atomic E-state index is 0.00505. The smallest absolute Gasteiger partial charge is 0.151 e. The van der Waals surface area contributed by atoms with Gasteiger partial charge in [-0.2, -0.15) is 0 Å². The van der Waals surface area contributed by atoms with Crippen LogP contribution in [0.2, 0.25) is 0 Å². The second-order valence-electron chi connectivity index (χ2n) is 6.18. The number of morpholine rings is 1. The monoisotopic (exact) mass is 322 g/mol. The molecule has 2 atom stereocenters. The Morgan fingerprint density at radius 3 is 2.73 bits per heavy atom. The molecule has 2 aromatic rings. The first-order valence-electron chi connectivity index (χ1n) is 7.38. The molecule has 118 valence electrons. The second kappa shape index (κ2) is 4.92. The van der Waals surface area contributed by atoms with Gasteiger partial charge in [0, 0.05) is 19.3 Å². The molecule has 0 spiro atoms. The number of hydrogen-bond acceptors (Lipinski definition) is 6. The van der Waals surface area contributed by atoms with E-state index in [9.17, 15) is 8.42 Å². The molecular weight excluding hydrogens is 304 g/mol. The molecular formula is C14H18N4O3S. The van der Waals surface area contributed by atoms with E-state index in [4.69, 9.17) is 4.74 Å². The highest BCUT2D eigenvalue weighted by molar-refractivity contribution is 7.89. The van der Waals surface area contributed by atoms with Crippen LogP contribution in [0, 0.1) is 0 Å². The Hall–Kier alpha value is -1.67. The Labute approximate surface area is 128 Å². The van der Waals surface area contributed by atoms with Crippen molar-refractivity contribution in [2.45, 2.75) is 30.8 Å². The Morgan fingerprint density at radius 1 is 1.32 bits per heavy atom. The van der Waals surface area contributed by atoms with Gasteiger partial charge in [-0.25, -0.2) is 17.9 Å². The number of anilines is 1. The Kier molecular flexibility index (Phi) is 3.12. The van der Waals surface area contributed by atoms with Gasteiger partial charge in [-0.1, -0.05) is 0 Å². The number of nitrogens with zero attached hydrogens (tertiary/aromatic N) is 4. The van der Waals surface area contributed by atoms with Gasteiger partial charge in [0.15, 0.2) is 9.84 Å². The van der Waals surface area contributed by atoms with Crippen molar-refractivity contribution in [3.63, 3.8) is 0 Å². The first-order chi connectivity index (χ1) is 10.5. The van der Waals surface area contributed by atoms with E-state index in [1.54, 1.807) is 17.0 Å². The molecule has 22 heavy (non-hydrogen) atoms. The van der Waals surface area contributed by atoms with E-state index in [1.165, 1.54) is 6.26 Å².